The van der Waals surface area contributed by atoms with Crippen LogP contribution in [0, 0.1) is 6.92 Å². The summed E-state index contributed by atoms with van der Waals surface area (Å²) in [7, 11) is -3.72. The van der Waals surface area contributed by atoms with Crippen LogP contribution >= 0.6 is 31.9 Å². The Kier molecular flexibility index (Phi) is 4.80. The molecule has 0 aliphatic carbocycles. The van der Waals surface area contributed by atoms with Crippen molar-refractivity contribution < 1.29 is 8.42 Å². The van der Waals surface area contributed by atoms with E-state index in [0.29, 0.717) is 14.6 Å². The van der Waals surface area contributed by atoms with E-state index in [1.807, 2.05) is 19.1 Å². The van der Waals surface area contributed by atoms with Crippen LogP contribution < -0.4 is 4.72 Å². The largest absolute Gasteiger partial charge is 0.280 e. The summed E-state index contributed by atoms with van der Waals surface area (Å²) >= 11 is 6.58. The molecule has 0 aliphatic heterocycles. The smallest absolute Gasteiger partial charge is 0.263 e. The van der Waals surface area contributed by atoms with Crippen LogP contribution in [0.1, 0.15) is 5.69 Å². The minimum Gasteiger partial charge on any atom is -0.280 e. The first-order valence-corrected chi connectivity index (χ1v) is 10.0. The van der Waals surface area contributed by atoms with Gasteiger partial charge >= 0.3 is 0 Å². The maximum atomic E-state index is 12.7. The van der Waals surface area contributed by atoms with Gasteiger partial charge in [-0.15, -0.1) is 0 Å². The van der Waals surface area contributed by atoms with Crippen LogP contribution in [0.3, 0.4) is 0 Å². The van der Waals surface area contributed by atoms with Crippen molar-refractivity contribution in [1.29, 1.82) is 0 Å². The Morgan fingerprint density at radius 1 is 1.08 bits per heavy atom. The van der Waals surface area contributed by atoms with Gasteiger partial charge in [-0.2, -0.15) is 5.10 Å². The lowest BCUT2D eigenvalue weighted by molar-refractivity contribution is 0.600. The Labute approximate surface area is 157 Å². The van der Waals surface area contributed by atoms with Crippen molar-refractivity contribution in [2.45, 2.75) is 11.8 Å². The lowest BCUT2D eigenvalue weighted by Crippen LogP contribution is -2.14. The third-order valence-corrected chi connectivity index (χ3v) is 6.23. The van der Waals surface area contributed by atoms with Gasteiger partial charge in [-0.05, 0) is 65.3 Å². The molecule has 3 rings (SSSR count). The molecule has 0 fully saturated rings. The van der Waals surface area contributed by atoms with E-state index in [-0.39, 0.29) is 4.90 Å². The monoisotopic (exact) mass is 469 g/mol. The molecule has 1 heterocycles. The van der Waals surface area contributed by atoms with Crippen LogP contribution in [0.15, 0.2) is 68.6 Å². The van der Waals surface area contributed by atoms with Gasteiger partial charge < -0.3 is 0 Å². The van der Waals surface area contributed by atoms with E-state index in [1.165, 1.54) is 0 Å². The Balaban J connectivity index is 1.96. The molecule has 0 amide bonds. The number of anilines is 1. The highest BCUT2D eigenvalue weighted by molar-refractivity contribution is 9.11. The number of halogens is 2. The predicted octanol–water partition coefficient (Wildman–Crippen LogP) is 4.51. The number of hydrogen-bond donors (Lipinski definition) is 1. The molecule has 0 spiro atoms. The van der Waals surface area contributed by atoms with Crippen molar-refractivity contribution in [3.05, 3.63) is 69.4 Å². The lowest BCUT2D eigenvalue weighted by Gasteiger charge is -2.12. The van der Waals surface area contributed by atoms with E-state index in [0.717, 1.165) is 11.4 Å². The molecule has 0 saturated carbocycles. The molecule has 5 nitrogen and oxygen atoms in total. The Morgan fingerprint density at radius 2 is 1.88 bits per heavy atom. The van der Waals surface area contributed by atoms with Crippen LogP contribution in [0.5, 0.6) is 0 Å². The summed E-state index contributed by atoms with van der Waals surface area (Å²) in [6.45, 7) is 1.93. The van der Waals surface area contributed by atoms with Crippen molar-refractivity contribution in [2.24, 2.45) is 0 Å². The Morgan fingerprint density at radius 3 is 2.58 bits per heavy atom. The molecule has 24 heavy (non-hydrogen) atoms. The minimum atomic E-state index is -3.72. The molecule has 1 aromatic heterocycles. The van der Waals surface area contributed by atoms with Crippen molar-refractivity contribution >= 4 is 47.6 Å². The van der Waals surface area contributed by atoms with Gasteiger partial charge in [-0.3, -0.25) is 4.72 Å². The molecule has 8 heteroatoms. The van der Waals surface area contributed by atoms with E-state index in [2.05, 4.69) is 41.7 Å². The standard InChI is InChI=1S/C16H13Br2N3O2S/c1-11-7-8-19-21(11)14-4-2-3-13(10-14)20-24(22,23)16-9-12(17)5-6-15(16)18/h2-10,20H,1H3. The van der Waals surface area contributed by atoms with Crippen molar-refractivity contribution in [3.8, 4) is 5.69 Å². The van der Waals surface area contributed by atoms with Crippen molar-refractivity contribution in [1.82, 2.24) is 9.78 Å². The fourth-order valence-corrected chi connectivity index (χ4v) is 4.79. The number of hydrogen-bond acceptors (Lipinski definition) is 3. The summed E-state index contributed by atoms with van der Waals surface area (Å²) < 4.78 is 30.8. The number of rotatable bonds is 4. The van der Waals surface area contributed by atoms with Crippen LogP contribution in [0.4, 0.5) is 5.69 Å². The van der Waals surface area contributed by atoms with Crippen LogP contribution in [0.2, 0.25) is 0 Å². The van der Waals surface area contributed by atoms with Crippen molar-refractivity contribution in [3.63, 3.8) is 0 Å². The zero-order valence-corrected chi connectivity index (χ0v) is 16.6. The lowest BCUT2D eigenvalue weighted by atomic mass is 10.3. The maximum absolute atomic E-state index is 12.7. The molecule has 1 N–H and O–H groups in total. The number of aryl methyl sites for hydroxylation is 1. The summed E-state index contributed by atoms with van der Waals surface area (Å²) in [5.74, 6) is 0. The minimum absolute atomic E-state index is 0.164. The zero-order chi connectivity index (χ0) is 17.3. The summed E-state index contributed by atoms with van der Waals surface area (Å²) in [6, 6.07) is 14.0. The van der Waals surface area contributed by atoms with Crippen molar-refractivity contribution in [2.75, 3.05) is 4.72 Å². The van der Waals surface area contributed by atoms with Gasteiger partial charge in [0.25, 0.3) is 10.0 Å². The first-order valence-electron chi connectivity index (χ1n) is 6.96. The first kappa shape index (κ1) is 17.2. The normalized spacial score (nSPS) is 11.5. The van der Waals surface area contributed by atoms with E-state index < -0.39 is 10.0 Å². The van der Waals surface area contributed by atoms with Crippen LogP contribution in [-0.4, -0.2) is 18.2 Å². The molecule has 3 aromatic rings. The fourth-order valence-electron chi connectivity index (χ4n) is 2.23. The third kappa shape index (κ3) is 3.55. The third-order valence-electron chi connectivity index (χ3n) is 3.36. The fraction of sp³-hybridized carbons (Fsp3) is 0.0625. The molecule has 0 radical (unpaired) electrons. The second-order valence-electron chi connectivity index (χ2n) is 5.11. The Hall–Kier alpha value is -1.64. The average Bonchev–Trinajstić information content (AvgIpc) is 2.95. The number of nitrogens with one attached hydrogen (secondary N) is 1. The predicted molar refractivity (Wildman–Crippen MR) is 101 cm³/mol. The summed E-state index contributed by atoms with van der Waals surface area (Å²) in [5.41, 5.74) is 2.21. The van der Waals surface area contributed by atoms with Gasteiger partial charge in [-0.25, -0.2) is 13.1 Å². The second kappa shape index (κ2) is 6.70. The molecule has 0 saturated heterocycles. The van der Waals surface area contributed by atoms with Crippen LogP contribution in [-0.2, 0) is 10.0 Å². The van der Waals surface area contributed by atoms with Gasteiger partial charge in [0, 0.05) is 20.8 Å². The summed E-state index contributed by atoms with van der Waals surface area (Å²) in [5, 5.41) is 4.23. The van der Waals surface area contributed by atoms with Gasteiger partial charge in [-0.1, -0.05) is 22.0 Å². The molecular weight excluding hydrogens is 458 g/mol. The van der Waals surface area contributed by atoms with E-state index >= 15 is 0 Å². The van der Waals surface area contributed by atoms with Crippen LogP contribution in [0.25, 0.3) is 5.69 Å². The number of benzene rings is 2. The highest BCUT2D eigenvalue weighted by Gasteiger charge is 2.18. The zero-order valence-electron chi connectivity index (χ0n) is 12.6. The number of nitrogens with zero attached hydrogens (tertiary/aromatic N) is 2. The molecule has 2 aromatic carbocycles. The number of aromatic nitrogens is 2. The molecular formula is C16H13Br2N3O2S. The van der Waals surface area contributed by atoms with Gasteiger partial charge in [0.15, 0.2) is 0 Å². The highest BCUT2D eigenvalue weighted by atomic mass is 79.9. The van der Waals surface area contributed by atoms with Gasteiger partial charge in [0.1, 0.15) is 4.90 Å². The Bertz CT molecular complexity index is 1000. The molecule has 0 aliphatic rings. The van der Waals surface area contributed by atoms with E-state index in [4.69, 9.17) is 0 Å². The maximum Gasteiger partial charge on any atom is 0.263 e. The van der Waals surface area contributed by atoms with Gasteiger partial charge in [0.2, 0.25) is 0 Å². The molecule has 124 valence electrons. The molecule has 0 atom stereocenters. The average molecular weight is 471 g/mol. The number of sulfonamides is 1. The molecule has 0 bridgehead atoms. The summed E-state index contributed by atoms with van der Waals surface area (Å²) in [4.78, 5) is 0.164. The topological polar surface area (TPSA) is 64.0 Å². The SMILES string of the molecule is Cc1ccnn1-c1cccc(NS(=O)(=O)c2cc(Br)ccc2Br)c1. The van der Waals surface area contributed by atoms with E-state index in [1.54, 1.807) is 47.3 Å². The van der Waals surface area contributed by atoms with Gasteiger partial charge in [0.05, 0.1) is 11.4 Å². The quantitative estimate of drug-likeness (QED) is 0.610. The second-order valence-corrected chi connectivity index (χ2v) is 8.54. The summed E-state index contributed by atoms with van der Waals surface area (Å²) in [6.07, 6.45) is 1.70. The highest BCUT2D eigenvalue weighted by Crippen LogP contribution is 2.28. The van der Waals surface area contributed by atoms with E-state index in [9.17, 15) is 8.42 Å². The first-order chi connectivity index (χ1) is 11.4. The molecule has 0 unspecified atom stereocenters.